The number of hydrogen-bond donors (Lipinski definition) is 1. The molecule has 156 valence electrons. The van der Waals surface area contributed by atoms with Crippen LogP contribution in [-0.4, -0.2) is 47.7 Å². The number of nitrogens with one attached hydrogen (secondary N) is 1. The lowest BCUT2D eigenvalue weighted by Crippen LogP contribution is -2.72. The lowest BCUT2D eigenvalue weighted by atomic mass is 9.93. The fraction of sp³-hybridized carbons (Fsp3) is 0.909. The molecule has 0 heterocycles. The summed E-state index contributed by atoms with van der Waals surface area (Å²) >= 11 is 0. The molecule has 1 amide bonds. The zero-order valence-electron chi connectivity index (χ0n) is 12.6. The third-order valence-electron chi connectivity index (χ3n) is 3.21. The number of halogens is 13. The second kappa shape index (κ2) is 6.62. The van der Waals surface area contributed by atoms with Crippen LogP contribution < -0.4 is 5.32 Å². The number of carbonyl (C=O) groups excluding carboxylic acids is 1. The normalized spacial score (nSPS) is 16.4. The smallest absolute Gasteiger partial charge is 0.348 e. The first kappa shape index (κ1) is 24.6. The van der Waals surface area contributed by atoms with Gasteiger partial charge in [0.2, 0.25) is 0 Å². The van der Waals surface area contributed by atoms with Gasteiger partial charge in [0.05, 0.1) is 0 Å². The van der Waals surface area contributed by atoms with Crippen LogP contribution in [0.2, 0.25) is 0 Å². The Kier molecular flexibility index (Phi) is 6.25. The number of alkyl halides is 13. The van der Waals surface area contributed by atoms with E-state index < -0.39 is 47.7 Å². The van der Waals surface area contributed by atoms with Gasteiger partial charge in [0, 0.05) is 6.04 Å². The van der Waals surface area contributed by atoms with E-state index in [2.05, 4.69) is 0 Å². The van der Waals surface area contributed by atoms with Crippen molar-refractivity contribution in [2.45, 2.75) is 62.1 Å². The maximum Gasteiger partial charge on any atom is 0.460 e. The van der Waals surface area contributed by atoms with E-state index in [-0.39, 0.29) is 6.42 Å². The molecule has 0 aliphatic carbocycles. The van der Waals surface area contributed by atoms with Crippen LogP contribution in [0, 0.1) is 0 Å². The van der Waals surface area contributed by atoms with Crippen molar-refractivity contribution in [3.8, 4) is 0 Å². The molecule has 2 nitrogen and oxygen atoms in total. The van der Waals surface area contributed by atoms with E-state index in [1.165, 1.54) is 6.92 Å². The van der Waals surface area contributed by atoms with Crippen molar-refractivity contribution < 1.29 is 61.9 Å². The molecule has 0 fully saturated rings. The molecule has 0 aliphatic rings. The number of carbonyl (C=O) groups is 1. The zero-order valence-corrected chi connectivity index (χ0v) is 12.6. The van der Waals surface area contributed by atoms with Crippen LogP contribution in [0.25, 0.3) is 0 Å². The molecule has 0 radical (unpaired) electrons. The molecule has 1 unspecified atom stereocenters. The third kappa shape index (κ3) is 3.40. The first-order chi connectivity index (χ1) is 11.1. The van der Waals surface area contributed by atoms with Gasteiger partial charge in [0.1, 0.15) is 0 Å². The molecule has 0 saturated heterocycles. The van der Waals surface area contributed by atoms with Crippen molar-refractivity contribution in [2.75, 3.05) is 0 Å². The van der Waals surface area contributed by atoms with E-state index in [9.17, 15) is 61.9 Å². The molecule has 15 heteroatoms. The minimum atomic E-state index is -8.01. The highest BCUT2D eigenvalue weighted by Crippen LogP contribution is 2.60. The Morgan fingerprint density at radius 2 is 1.08 bits per heavy atom. The fourth-order valence-electron chi connectivity index (χ4n) is 1.33. The summed E-state index contributed by atoms with van der Waals surface area (Å²) in [5.41, 5.74) is 0. The summed E-state index contributed by atoms with van der Waals surface area (Å²) in [7, 11) is 0. The Bertz CT molecular complexity index is 525. The Morgan fingerprint density at radius 3 is 1.38 bits per heavy atom. The average Bonchev–Trinajstić information content (AvgIpc) is 2.44. The van der Waals surface area contributed by atoms with E-state index >= 15 is 0 Å². The zero-order chi connectivity index (χ0) is 21.6. The minimum absolute atomic E-state index is 0.230. The van der Waals surface area contributed by atoms with Gasteiger partial charge >= 0.3 is 35.8 Å². The molecule has 0 bridgehead atoms. The maximum absolute atomic E-state index is 13.3. The van der Waals surface area contributed by atoms with Gasteiger partial charge in [-0.05, 0) is 13.3 Å². The van der Waals surface area contributed by atoms with Crippen LogP contribution in [0.3, 0.4) is 0 Å². The number of amides is 1. The molecule has 0 spiro atoms. The van der Waals surface area contributed by atoms with E-state index in [0.29, 0.717) is 0 Å². The van der Waals surface area contributed by atoms with Crippen LogP contribution in [0.15, 0.2) is 0 Å². The maximum atomic E-state index is 13.3. The average molecular weight is 419 g/mol. The second-order valence-corrected chi connectivity index (χ2v) is 5.15. The van der Waals surface area contributed by atoms with Crippen molar-refractivity contribution in [3.05, 3.63) is 0 Å². The summed E-state index contributed by atoms with van der Waals surface area (Å²) in [6.07, 6.45) is -7.71. The van der Waals surface area contributed by atoms with E-state index in [1.807, 2.05) is 0 Å². The predicted molar refractivity (Wildman–Crippen MR) is 58.7 cm³/mol. The summed E-state index contributed by atoms with van der Waals surface area (Å²) in [5, 5.41) is 1.01. The molecule has 1 atom stereocenters. The van der Waals surface area contributed by atoms with E-state index in [4.69, 9.17) is 0 Å². The van der Waals surface area contributed by atoms with E-state index in [1.54, 1.807) is 0 Å². The van der Waals surface area contributed by atoms with Crippen LogP contribution in [0.4, 0.5) is 57.1 Å². The van der Waals surface area contributed by atoms with Gasteiger partial charge in [-0.3, -0.25) is 4.79 Å². The van der Waals surface area contributed by atoms with Gasteiger partial charge in [-0.25, -0.2) is 0 Å². The summed E-state index contributed by atoms with van der Waals surface area (Å²) in [5.74, 6) is -41.4. The summed E-state index contributed by atoms with van der Waals surface area (Å²) in [6, 6.07) is -1.37. The Hall–Kier alpha value is -1.44. The Balaban J connectivity index is 6.20. The monoisotopic (exact) mass is 419 g/mol. The molecule has 0 aromatic heterocycles. The van der Waals surface area contributed by atoms with E-state index in [0.717, 1.165) is 12.2 Å². The van der Waals surface area contributed by atoms with Gasteiger partial charge in [0.25, 0.3) is 5.91 Å². The first-order valence-corrected chi connectivity index (χ1v) is 6.39. The lowest BCUT2D eigenvalue weighted by Gasteiger charge is -2.39. The summed E-state index contributed by atoms with van der Waals surface area (Å²) in [4.78, 5) is 11.0. The van der Waals surface area contributed by atoms with Gasteiger partial charge in [-0.2, -0.15) is 57.1 Å². The largest absolute Gasteiger partial charge is 0.460 e. The quantitative estimate of drug-likeness (QED) is 0.599. The second-order valence-electron chi connectivity index (χ2n) is 5.15. The van der Waals surface area contributed by atoms with Gasteiger partial charge < -0.3 is 5.32 Å². The van der Waals surface area contributed by atoms with Gasteiger partial charge in [0.15, 0.2) is 0 Å². The molecular formula is C11H10F13NO. The molecule has 26 heavy (non-hydrogen) atoms. The molecule has 1 N–H and O–H groups in total. The number of hydrogen-bond acceptors (Lipinski definition) is 1. The highest BCUT2D eigenvalue weighted by Gasteiger charge is 2.91. The molecule has 0 rings (SSSR count). The van der Waals surface area contributed by atoms with Gasteiger partial charge in [-0.1, -0.05) is 6.92 Å². The highest BCUT2D eigenvalue weighted by molar-refractivity contribution is 5.85. The molecular weight excluding hydrogens is 409 g/mol. The topological polar surface area (TPSA) is 29.1 Å². The predicted octanol–water partition coefficient (Wildman–Crippen LogP) is 4.64. The van der Waals surface area contributed by atoms with Crippen molar-refractivity contribution in [1.82, 2.24) is 5.32 Å². The summed E-state index contributed by atoms with van der Waals surface area (Å²) in [6.45, 7) is 2.09. The lowest BCUT2D eigenvalue weighted by molar-refractivity contribution is -0.436. The van der Waals surface area contributed by atoms with Crippen LogP contribution >= 0.6 is 0 Å². The molecule has 0 aromatic rings. The fourth-order valence-corrected chi connectivity index (χ4v) is 1.33. The highest BCUT2D eigenvalue weighted by atomic mass is 19.4. The van der Waals surface area contributed by atoms with Crippen LogP contribution in [0.1, 0.15) is 20.3 Å². The van der Waals surface area contributed by atoms with Crippen molar-refractivity contribution in [3.63, 3.8) is 0 Å². The van der Waals surface area contributed by atoms with Crippen LogP contribution in [0.5, 0.6) is 0 Å². The molecule has 0 saturated carbocycles. The van der Waals surface area contributed by atoms with Crippen LogP contribution in [-0.2, 0) is 4.79 Å². The first-order valence-electron chi connectivity index (χ1n) is 6.39. The van der Waals surface area contributed by atoms with Crippen molar-refractivity contribution in [1.29, 1.82) is 0 Å². The third-order valence-corrected chi connectivity index (χ3v) is 3.21. The Labute approximate surface area is 136 Å². The number of rotatable bonds is 7. The SMILES string of the molecule is CCC(C)NC(=O)C(F)(F)C(F)(F)C(F)(F)C(F)(F)C(F)(F)C(F)(F)F. The molecule has 0 aliphatic heterocycles. The molecule has 0 aromatic carbocycles. The Morgan fingerprint density at radius 1 is 0.731 bits per heavy atom. The van der Waals surface area contributed by atoms with Crippen molar-refractivity contribution in [2.24, 2.45) is 0 Å². The van der Waals surface area contributed by atoms with Crippen molar-refractivity contribution >= 4 is 5.91 Å². The van der Waals surface area contributed by atoms with Gasteiger partial charge in [-0.15, -0.1) is 0 Å². The standard InChI is InChI=1S/C11H10F13NO/c1-3-4(2)25-5(26)6(12,13)7(14,15)8(16,17)9(18,19)10(20,21)11(22,23)24/h4H,3H2,1-2H3,(H,25,26). The minimum Gasteiger partial charge on any atom is -0.348 e. The summed E-state index contributed by atoms with van der Waals surface area (Å²) < 4.78 is 166.